The molecule has 2 rings (SSSR count). The van der Waals surface area contributed by atoms with Crippen LogP contribution in [0.1, 0.15) is 31.0 Å². The van der Waals surface area contributed by atoms with Crippen molar-refractivity contribution >= 4 is 29.7 Å². The summed E-state index contributed by atoms with van der Waals surface area (Å²) in [6.45, 7) is 1.34. The fourth-order valence-electron chi connectivity index (χ4n) is 3.27. The highest BCUT2D eigenvalue weighted by molar-refractivity contribution is 5.94. The van der Waals surface area contributed by atoms with Gasteiger partial charge >= 0.3 is 11.9 Å². The minimum Gasteiger partial charge on any atom is -0.481 e. The van der Waals surface area contributed by atoms with Crippen LogP contribution in [0, 0.1) is 0 Å². The zero-order valence-electron chi connectivity index (χ0n) is 19.6. The third-order valence-corrected chi connectivity index (χ3v) is 5.26. The van der Waals surface area contributed by atoms with E-state index >= 15 is 0 Å². The Labute approximate surface area is 206 Å². The Bertz CT molecular complexity index is 1040. The molecule has 36 heavy (non-hydrogen) atoms. The van der Waals surface area contributed by atoms with Crippen LogP contribution in [0.3, 0.4) is 0 Å². The number of carboxylic acids is 2. The monoisotopic (exact) mass is 502 g/mol. The number of carboxylic acid groups (broad SMARTS) is 2. The first kappa shape index (κ1) is 28.0. The van der Waals surface area contributed by atoms with E-state index in [1.807, 2.05) is 0 Å². The lowest BCUT2D eigenvalue weighted by molar-refractivity contribution is -0.142. The van der Waals surface area contributed by atoms with Crippen molar-refractivity contribution in [1.82, 2.24) is 25.9 Å². The molecular formula is C23H30N6O7. The average Bonchev–Trinajstić information content (AvgIpc) is 3.34. The minimum atomic E-state index is -1.28. The number of amides is 3. The number of H-pyrrole nitrogens is 1. The van der Waals surface area contributed by atoms with Gasteiger partial charge in [-0.25, -0.2) is 9.78 Å². The molecule has 13 nitrogen and oxygen atoms in total. The molecule has 0 radical (unpaired) electrons. The number of aliphatic carboxylic acids is 2. The number of hydrogen-bond acceptors (Lipinski definition) is 7. The molecule has 4 atom stereocenters. The van der Waals surface area contributed by atoms with Gasteiger partial charge in [-0.1, -0.05) is 30.3 Å². The van der Waals surface area contributed by atoms with Crippen LogP contribution < -0.4 is 21.7 Å². The molecule has 3 amide bonds. The summed E-state index contributed by atoms with van der Waals surface area (Å²) in [5, 5.41) is 25.7. The van der Waals surface area contributed by atoms with Crippen LogP contribution in [0.4, 0.5) is 0 Å². The van der Waals surface area contributed by atoms with Crippen molar-refractivity contribution in [2.75, 3.05) is 0 Å². The minimum absolute atomic E-state index is 0.0358. The number of carbonyl (C=O) groups is 5. The fourth-order valence-corrected chi connectivity index (χ4v) is 3.27. The molecule has 0 aliphatic carbocycles. The molecule has 0 bridgehead atoms. The van der Waals surface area contributed by atoms with E-state index in [2.05, 4.69) is 25.9 Å². The molecule has 0 saturated heterocycles. The van der Waals surface area contributed by atoms with Gasteiger partial charge < -0.3 is 36.9 Å². The van der Waals surface area contributed by atoms with Crippen LogP contribution in [-0.4, -0.2) is 74.0 Å². The molecule has 0 spiro atoms. The molecular weight excluding hydrogens is 472 g/mol. The van der Waals surface area contributed by atoms with E-state index in [-0.39, 0.29) is 19.3 Å². The van der Waals surface area contributed by atoms with Gasteiger partial charge in [-0.3, -0.25) is 19.2 Å². The van der Waals surface area contributed by atoms with Gasteiger partial charge in [0, 0.05) is 31.2 Å². The maximum atomic E-state index is 12.8. The Morgan fingerprint density at radius 1 is 0.944 bits per heavy atom. The van der Waals surface area contributed by atoms with Gasteiger partial charge in [0.1, 0.15) is 18.1 Å². The van der Waals surface area contributed by atoms with Crippen molar-refractivity contribution in [2.45, 2.75) is 56.8 Å². The van der Waals surface area contributed by atoms with Crippen LogP contribution in [0.15, 0.2) is 42.9 Å². The van der Waals surface area contributed by atoms with E-state index in [4.69, 9.17) is 10.8 Å². The summed E-state index contributed by atoms with van der Waals surface area (Å²) in [7, 11) is 0. The number of hydrogen-bond donors (Lipinski definition) is 7. The zero-order valence-corrected chi connectivity index (χ0v) is 19.6. The Morgan fingerprint density at radius 3 is 2.19 bits per heavy atom. The number of imidazole rings is 1. The molecule has 1 heterocycles. The van der Waals surface area contributed by atoms with E-state index in [9.17, 15) is 29.1 Å². The number of carbonyl (C=O) groups excluding carboxylic acids is 3. The predicted octanol–water partition coefficient (Wildman–Crippen LogP) is -1.05. The first-order valence-corrected chi connectivity index (χ1v) is 11.2. The quantitative estimate of drug-likeness (QED) is 0.167. The van der Waals surface area contributed by atoms with Gasteiger partial charge in [0.25, 0.3) is 0 Å². The summed E-state index contributed by atoms with van der Waals surface area (Å²) < 4.78 is 0. The molecule has 194 valence electrons. The maximum Gasteiger partial charge on any atom is 0.326 e. The van der Waals surface area contributed by atoms with Gasteiger partial charge in [0.2, 0.25) is 17.7 Å². The Morgan fingerprint density at radius 2 is 1.61 bits per heavy atom. The number of nitrogens with two attached hydrogens (primary N) is 1. The zero-order chi connectivity index (χ0) is 26.7. The normalized spacial score (nSPS) is 14.1. The lowest BCUT2D eigenvalue weighted by atomic mass is 10.1. The molecule has 2 aromatic rings. The van der Waals surface area contributed by atoms with Crippen LogP contribution in [-0.2, 0) is 36.8 Å². The summed E-state index contributed by atoms with van der Waals surface area (Å²) in [6.07, 6.45) is 2.38. The molecule has 1 aromatic heterocycles. The van der Waals surface area contributed by atoms with Gasteiger partial charge in [0.05, 0.1) is 12.4 Å². The van der Waals surface area contributed by atoms with Crippen molar-refractivity contribution in [2.24, 2.45) is 5.73 Å². The molecule has 0 aliphatic heterocycles. The third kappa shape index (κ3) is 9.18. The molecule has 0 saturated carbocycles. The summed E-state index contributed by atoms with van der Waals surface area (Å²) in [4.78, 5) is 67.1. The van der Waals surface area contributed by atoms with Gasteiger partial charge in [-0.15, -0.1) is 0 Å². The van der Waals surface area contributed by atoms with E-state index < -0.39 is 60.2 Å². The number of nitrogens with zero attached hydrogens (tertiary/aromatic N) is 1. The first-order valence-electron chi connectivity index (χ1n) is 11.2. The molecule has 0 aliphatic rings. The van der Waals surface area contributed by atoms with Crippen molar-refractivity contribution in [3.05, 3.63) is 54.1 Å². The Hall–Kier alpha value is -4.26. The molecule has 8 N–H and O–H groups in total. The lowest BCUT2D eigenvalue weighted by Crippen LogP contribution is -2.56. The maximum absolute atomic E-state index is 12.8. The smallest absolute Gasteiger partial charge is 0.326 e. The van der Waals surface area contributed by atoms with E-state index in [0.717, 1.165) is 0 Å². The van der Waals surface area contributed by atoms with E-state index in [1.165, 1.54) is 19.4 Å². The molecule has 0 fully saturated rings. The predicted molar refractivity (Wildman–Crippen MR) is 126 cm³/mol. The number of rotatable bonds is 14. The lowest BCUT2D eigenvalue weighted by Gasteiger charge is -2.23. The molecule has 4 unspecified atom stereocenters. The second-order valence-electron chi connectivity index (χ2n) is 8.20. The van der Waals surface area contributed by atoms with Crippen molar-refractivity contribution in [3.8, 4) is 0 Å². The topological polar surface area (TPSA) is 217 Å². The number of aromatic amines is 1. The standard InChI is InChI=1S/C23H30N6O7/c1-13(20(32)29-18(23(35)36)9-14-5-3-2-4-6-14)27-22(34)17(7-8-19(30)31)28-21(33)16(24)10-15-11-25-12-26-15/h2-6,11-13,16-18H,7-10,24H2,1H3,(H,25,26)(H,27,34)(H,28,33)(H,29,32)(H,30,31)(H,35,36). The summed E-state index contributed by atoms with van der Waals surface area (Å²) in [5.74, 6) is -4.69. The van der Waals surface area contributed by atoms with Crippen LogP contribution in [0.5, 0.6) is 0 Å². The van der Waals surface area contributed by atoms with Gasteiger partial charge in [0.15, 0.2) is 0 Å². The van der Waals surface area contributed by atoms with Crippen LogP contribution >= 0.6 is 0 Å². The SMILES string of the molecule is CC(NC(=O)C(CCC(=O)O)NC(=O)C(N)Cc1cnc[nH]1)C(=O)NC(Cc1ccccc1)C(=O)O. The highest BCUT2D eigenvalue weighted by Crippen LogP contribution is 2.05. The highest BCUT2D eigenvalue weighted by Gasteiger charge is 2.29. The van der Waals surface area contributed by atoms with E-state index in [1.54, 1.807) is 30.3 Å². The second-order valence-corrected chi connectivity index (χ2v) is 8.20. The van der Waals surface area contributed by atoms with Gasteiger partial charge in [-0.2, -0.15) is 0 Å². The van der Waals surface area contributed by atoms with Crippen LogP contribution in [0.2, 0.25) is 0 Å². The number of aromatic nitrogens is 2. The highest BCUT2D eigenvalue weighted by atomic mass is 16.4. The number of nitrogens with one attached hydrogen (secondary N) is 4. The molecule has 13 heteroatoms. The van der Waals surface area contributed by atoms with Crippen molar-refractivity contribution < 1.29 is 34.2 Å². The Balaban J connectivity index is 1.99. The largest absolute Gasteiger partial charge is 0.481 e. The number of benzene rings is 1. The summed E-state index contributed by atoms with van der Waals surface area (Å²) >= 11 is 0. The van der Waals surface area contributed by atoms with Crippen molar-refractivity contribution in [3.63, 3.8) is 0 Å². The summed E-state index contributed by atoms with van der Waals surface area (Å²) in [5.41, 5.74) is 7.18. The van der Waals surface area contributed by atoms with E-state index in [0.29, 0.717) is 11.3 Å². The van der Waals surface area contributed by atoms with Crippen molar-refractivity contribution in [1.29, 1.82) is 0 Å². The second kappa shape index (κ2) is 13.6. The third-order valence-electron chi connectivity index (χ3n) is 5.26. The average molecular weight is 503 g/mol. The summed E-state index contributed by atoms with van der Waals surface area (Å²) in [6, 6.07) is 3.98. The first-order chi connectivity index (χ1) is 17.1. The van der Waals surface area contributed by atoms with Crippen LogP contribution in [0.25, 0.3) is 0 Å². The fraction of sp³-hybridized carbons (Fsp3) is 0.391. The Kier molecular flexibility index (Phi) is 10.6. The molecule has 1 aromatic carbocycles. The van der Waals surface area contributed by atoms with Gasteiger partial charge in [-0.05, 0) is 18.9 Å².